The maximum atomic E-state index is 13.7. The summed E-state index contributed by atoms with van der Waals surface area (Å²) in [6.45, 7) is 1.98. The average molecular weight is 233 g/mol. The fraction of sp³-hybridized carbons (Fsp3) is 0.308. The minimum Gasteiger partial charge on any atom is -0.308 e. The maximum Gasteiger partial charge on any atom is 0.128 e. The predicted octanol–water partition coefficient (Wildman–Crippen LogP) is 2.18. The van der Waals surface area contributed by atoms with E-state index in [2.05, 4.69) is 10.4 Å². The van der Waals surface area contributed by atoms with Crippen molar-refractivity contribution < 1.29 is 4.39 Å². The molecule has 0 bridgehead atoms. The van der Waals surface area contributed by atoms with Crippen LogP contribution in [-0.4, -0.2) is 16.8 Å². The van der Waals surface area contributed by atoms with E-state index in [9.17, 15) is 4.39 Å². The quantitative estimate of drug-likeness (QED) is 0.880. The second-order valence-electron chi connectivity index (χ2n) is 4.08. The molecule has 0 amide bonds. The highest BCUT2D eigenvalue weighted by Gasteiger charge is 2.18. The summed E-state index contributed by atoms with van der Waals surface area (Å²) < 4.78 is 15.5. The Morgan fingerprint density at radius 1 is 1.35 bits per heavy atom. The lowest BCUT2D eigenvalue weighted by molar-refractivity contribution is 0.565. The fourth-order valence-corrected chi connectivity index (χ4v) is 1.90. The van der Waals surface area contributed by atoms with Gasteiger partial charge in [-0.15, -0.1) is 0 Å². The molecule has 2 rings (SSSR count). The van der Waals surface area contributed by atoms with Gasteiger partial charge in [-0.05, 0) is 26.1 Å². The van der Waals surface area contributed by atoms with Crippen LogP contribution in [0.5, 0.6) is 0 Å². The van der Waals surface area contributed by atoms with Gasteiger partial charge in [-0.25, -0.2) is 4.39 Å². The van der Waals surface area contributed by atoms with Crippen molar-refractivity contribution in [2.24, 2.45) is 7.05 Å². The van der Waals surface area contributed by atoms with Gasteiger partial charge in [0.1, 0.15) is 5.82 Å². The summed E-state index contributed by atoms with van der Waals surface area (Å²) in [6.07, 6.45) is 0. The van der Waals surface area contributed by atoms with E-state index in [1.165, 1.54) is 6.07 Å². The summed E-state index contributed by atoms with van der Waals surface area (Å²) in [7, 11) is 3.69. The number of aryl methyl sites for hydroxylation is 2. The van der Waals surface area contributed by atoms with Crippen LogP contribution in [0.4, 0.5) is 4.39 Å². The molecule has 90 valence electrons. The Balaban J connectivity index is 2.44. The molecule has 0 saturated heterocycles. The zero-order valence-corrected chi connectivity index (χ0v) is 10.2. The molecular weight excluding hydrogens is 217 g/mol. The summed E-state index contributed by atoms with van der Waals surface area (Å²) in [4.78, 5) is 0. The monoisotopic (exact) mass is 233 g/mol. The lowest BCUT2D eigenvalue weighted by Gasteiger charge is -2.14. The summed E-state index contributed by atoms with van der Waals surface area (Å²) in [5, 5.41) is 7.49. The third kappa shape index (κ3) is 2.22. The van der Waals surface area contributed by atoms with E-state index in [-0.39, 0.29) is 11.9 Å². The summed E-state index contributed by atoms with van der Waals surface area (Å²) in [6, 6.07) is 8.52. The summed E-state index contributed by atoms with van der Waals surface area (Å²) >= 11 is 0. The molecule has 1 aromatic heterocycles. The van der Waals surface area contributed by atoms with Crippen LogP contribution in [-0.2, 0) is 7.05 Å². The SMILES string of the molecule is CNC(c1cc(C)n(C)n1)c1ccccc1F. The molecule has 1 N–H and O–H groups in total. The summed E-state index contributed by atoms with van der Waals surface area (Å²) in [5.41, 5.74) is 2.50. The largest absolute Gasteiger partial charge is 0.308 e. The minimum atomic E-state index is -0.213. The molecule has 0 aliphatic heterocycles. The van der Waals surface area contributed by atoms with E-state index in [1.807, 2.05) is 26.1 Å². The van der Waals surface area contributed by atoms with Crippen molar-refractivity contribution in [2.45, 2.75) is 13.0 Å². The highest BCUT2D eigenvalue weighted by Crippen LogP contribution is 2.23. The number of hydrogen-bond acceptors (Lipinski definition) is 2. The van der Waals surface area contributed by atoms with Crippen molar-refractivity contribution in [1.82, 2.24) is 15.1 Å². The second-order valence-corrected chi connectivity index (χ2v) is 4.08. The Bertz CT molecular complexity index is 500. The molecule has 0 fully saturated rings. The van der Waals surface area contributed by atoms with E-state index in [1.54, 1.807) is 23.9 Å². The number of hydrogen-bond donors (Lipinski definition) is 1. The second kappa shape index (κ2) is 4.67. The van der Waals surface area contributed by atoms with Crippen molar-refractivity contribution >= 4 is 0 Å². The van der Waals surface area contributed by atoms with Gasteiger partial charge in [0, 0.05) is 18.3 Å². The van der Waals surface area contributed by atoms with Crippen LogP contribution < -0.4 is 5.32 Å². The van der Waals surface area contributed by atoms with Crippen molar-refractivity contribution in [1.29, 1.82) is 0 Å². The number of halogens is 1. The van der Waals surface area contributed by atoms with Crippen LogP contribution in [0.2, 0.25) is 0 Å². The Labute approximate surface area is 100 Å². The lowest BCUT2D eigenvalue weighted by Crippen LogP contribution is -2.19. The minimum absolute atomic E-state index is 0.212. The van der Waals surface area contributed by atoms with Crippen molar-refractivity contribution in [3.63, 3.8) is 0 Å². The van der Waals surface area contributed by atoms with E-state index in [0.717, 1.165) is 11.4 Å². The van der Waals surface area contributed by atoms with Crippen LogP contribution in [0.3, 0.4) is 0 Å². The molecule has 1 atom stereocenters. The highest BCUT2D eigenvalue weighted by molar-refractivity contribution is 5.29. The average Bonchev–Trinajstić information content (AvgIpc) is 2.63. The molecule has 2 aromatic rings. The van der Waals surface area contributed by atoms with Crippen LogP contribution in [0.15, 0.2) is 30.3 Å². The number of nitrogens with one attached hydrogen (secondary N) is 1. The number of benzene rings is 1. The normalized spacial score (nSPS) is 12.7. The van der Waals surface area contributed by atoms with Gasteiger partial charge in [0.2, 0.25) is 0 Å². The molecule has 0 saturated carbocycles. The Hall–Kier alpha value is -1.68. The Morgan fingerprint density at radius 2 is 2.06 bits per heavy atom. The first-order valence-electron chi connectivity index (χ1n) is 5.55. The van der Waals surface area contributed by atoms with E-state index < -0.39 is 0 Å². The van der Waals surface area contributed by atoms with E-state index in [0.29, 0.717) is 5.56 Å². The zero-order chi connectivity index (χ0) is 12.4. The van der Waals surface area contributed by atoms with Gasteiger partial charge in [0.05, 0.1) is 11.7 Å². The van der Waals surface area contributed by atoms with Crippen molar-refractivity contribution in [3.05, 3.63) is 53.1 Å². The lowest BCUT2D eigenvalue weighted by atomic mass is 10.0. The number of aromatic nitrogens is 2. The summed E-state index contributed by atoms with van der Waals surface area (Å²) in [5.74, 6) is -0.213. The van der Waals surface area contributed by atoms with Gasteiger partial charge >= 0.3 is 0 Å². The van der Waals surface area contributed by atoms with Crippen molar-refractivity contribution in [3.8, 4) is 0 Å². The number of rotatable bonds is 3. The first-order chi connectivity index (χ1) is 8.13. The molecule has 3 nitrogen and oxygen atoms in total. The van der Waals surface area contributed by atoms with Gasteiger partial charge in [0.15, 0.2) is 0 Å². The molecule has 4 heteroatoms. The molecule has 0 radical (unpaired) electrons. The smallest absolute Gasteiger partial charge is 0.128 e. The molecule has 1 aromatic carbocycles. The molecule has 0 aliphatic rings. The number of nitrogens with zero attached hydrogens (tertiary/aromatic N) is 2. The van der Waals surface area contributed by atoms with E-state index >= 15 is 0 Å². The van der Waals surface area contributed by atoms with Crippen LogP contribution in [0.1, 0.15) is 23.0 Å². The highest BCUT2D eigenvalue weighted by atomic mass is 19.1. The standard InChI is InChI=1S/C13H16FN3/c1-9-8-12(16-17(9)3)13(15-2)10-6-4-5-7-11(10)14/h4-8,13,15H,1-3H3. The molecular formula is C13H16FN3. The molecule has 17 heavy (non-hydrogen) atoms. The van der Waals surface area contributed by atoms with Crippen molar-refractivity contribution in [2.75, 3.05) is 7.05 Å². The molecule has 1 heterocycles. The molecule has 0 spiro atoms. The van der Waals surface area contributed by atoms with Gasteiger partial charge < -0.3 is 5.32 Å². The van der Waals surface area contributed by atoms with Crippen LogP contribution in [0, 0.1) is 12.7 Å². The van der Waals surface area contributed by atoms with E-state index in [4.69, 9.17) is 0 Å². The van der Waals surface area contributed by atoms with Gasteiger partial charge in [-0.1, -0.05) is 18.2 Å². The van der Waals surface area contributed by atoms with Gasteiger partial charge in [-0.3, -0.25) is 4.68 Å². The van der Waals surface area contributed by atoms with Crippen LogP contribution >= 0.6 is 0 Å². The first-order valence-corrected chi connectivity index (χ1v) is 5.55. The third-order valence-electron chi connectivity index (χ3n) is 2.93. The topological polar surface area (TPSA) is 29.9 Å². The Morgan fingerprint density at radius 3 is 2.59 bits per heavy atom. The third-order valence-corrected chi connectivity index (χ3v) is 2.93. The maximum absolute atomic E-state index is 13.7. The van der Waals surface area contributed by atoms with Crippen LogP contribution in [0.25, 0.3) is 0 Å². The predicted molar refractivity (Wildman–Crippen MR) is 65.2 cm³/mol. The Kier molecular flexibility index (Phi) is 3.24. The molecule has 0 aliphatic carbocycles. The van der Waals surface area contributed by atoms with Gasteiger partial charge in [-0.2, -0.15) is 5.10 Å². The molecule has 1 unspecified atom stereocenters. The first kappa shape index (κ1) is 11.8. The van der Waals surface area contributed by atoms with Gasteiger partial charge in [0.25, 0.3) is 0 Å². The zero-order valence-electron chi connectivity index (χ0n) is 10.2. The fourth-order valence-electron chi connectivity index (χ4n) is 1.90.